The van der Waals surface area contributed by atoms with Crippen LogP contribution in [-0.2, 0) is 4.79 Å². The van der Waals surface area contributed by atoms with E-state index in [2.05, 4.69) is 14.9 Å². The maximum atomic E-state index is 11.8. The van der Waals surface area contributed by atoms with Crippen molar-refractivity contribution in [3.8, 4) is 0 Å². The minimum Gasteiger partial charge on any atom is -0.365 e. The predicted octanol–water partition coefficient (Wildman–Crippen LogP) is 0.624. The van der Waals surface area contributed by atoms with E-state index in [4.69, 9.17) is 0 Å². The average Bonchev–Trinajstić information content (AvgIpc) is 2.73. The fraction of sp³-hybridized carbons (Fsp3) is 0.500. The molecule has 0 spiro atoms. The first-order valence-electron chi connectivity index (χ1n) is 6.00. The summed E-state index contributed by atoms with van der Waals surface area (Å²) in [5, 5.41) is 0. The van der Waals surface area contributed by atoms with Gasteiger partial charge in [-0.2, -0.15) is 0 Å². The first kappa shape index (κ1) is 11.1. The molecule has 1 amide bonds. The number of rotatable bonds is 1. The third kappa shape index (κ3) is 1.48. The second-order valence-electron chi connectivity index (χ2n) is 4.74. The standard InChI is InChI=1S/C12H14N4O2/c1-7(17)11-13-5-10-12(14-11)16(8(2)18)9-3-4-15(10)6-9/h5,9H,3-4,6H2,1-2H3/t9-/m0/s1. The maximum Gasteiger partial charge on any atom is 0.225 e. The summed E-state index contributed by atoms with van der Waals surface area (Å²) in [5.74, 6) is 0.532. The number of anilines is 2. The summed E-state index contributed by atoms with van der Waals surface area (Å²) < 4.78 is 0. The number of hydrogen-bond donors (Lipinski definition) is 0. The molecule has 3 rings (SSSR count). The van der Waals surface area contributed by atoms with Crippen LogP contribution in [0.2, 0.25) is 0 Å². The van der Waals surface area contributed by atoms with Gasteiger partial charge in [0.25, 0.3) is 0 Å². The van der Waals surface area contributed by atoms with Crippen LogP contribution in [0.1, 0.15) is 30.9 Å². The predicted molar refractivity (Wildman–Crippen MR) is 65.8 cm³/mol. The monoisotopic (exact) mass is 246 g/mol. The van der Waals surface area contributed by atoms with Crippen LogP contribution >= 0.6 is 0 Å². The SMILES string of the molecule is CC(=O)c1ncc2c(n1)N(C(C)=O)[C@H]1CCN2C1. The highest BCUT2D eigenvalue weighted by molar-refractivity contribution is 5.97. The normalized spacial score (nSPS) is 20.9. The van der Waals surface area contributed by atoms with Gasteiger partial charge in [0, 0.05) is 26.9 Å². The van der Waals surface area contributed by atoms with Gasteiger partial charge in [0.1, 0.15) is 0 Å². The lowest BCUT2D eigenvalue weighted by Crippen LogP contribution is -2.45. The molecule has 2 aliphatic heterocycles. The first-order valence-corrected chi connectivity index (χ1v) is 6.00. The van der Waals surface area contributed by atoms with Gasteiger partial charge in [-0.25, -0.2) is 9.97 Å². The number of hydrogen-bond acceptors (Lipinski definition) is 5. The number of carbonyl (C=O) groups is 2. The number of amides is 1. The molecule has 3 heterocycles. The molecule has 18 heavy (non-hydrogen) atoms. The van der Waals surface area contributed by atoms with Crippen molar-refractivity contribution in [2.45, 2.75) is 26.3 Å². The molecule has 6 nitrogen and oxygen atoms in total. The fourth-order valence-corrected chi connectivity index (χ4v) is 2.69. The molecule has 2 aliphatic rings. The van der Waals surface area contributed by atoms with Crippen LogP contribution in [0.25, 0.3) is 0 Å². The Morgan fingerprint density at radius 1 is 1.39 bits per heavy atom. The summed E-state index contributed by atoms with van der Waals surface area (Å²) in [7, 11) is 0. The summed E-state index contributed by atoms with van der Waals surface area (Å²) in [6, 6.07) is 0.171. The number of ketones is 1. The van der Waals surface area contributed by atoms with Gasteiger partial charge in [-0.3, -0.25) is 14.5 Å². The summed E-state index contributed by atoms with van der Waals surface area (Å²) in [5.41, 5.74) is 0.851. The Balaban J connectivity index is 2.15. The fourth-order valence-electron chi connectivity index (χ4n) is 2.69. The number of carbonyl (C=O) groups excluding carboxylic acids is 2. The highest BCUT2D eigenvalue weighted by Crippen LogP contribution is 2.38. The third-order valence-electron chi connectivity index (χ3n) is 3.50. The molecule has 1 saturated heterocycles. The first-order chi connectivity index (χ1) is 8.58. The Hall–Kier alpha value is -1.98. The van der Waals surface area contributed by atoms with Crippen LogP contribution < -0.4 is 9.80 Å². The second kappa shape index (κ2) is 3.76. The van der Waals surface area contributed by atoms with Gasteiger partial charge < -0.3 is 4.90 Å². The zero-order valence-electron chi connectivity index (χ0n) is 10.4. The quantitative estimate of drug-likeness (QED) is 0.680. The molecular weight excluding hydrogens is 232 g/mol. The summed E-state index contributed by atoms with van der Waals surface area (Å²) >= 11 is 0. The summed E-state index contributed by atoms with van der Waals surface area (Å²) in [4.78, 5) is 35.3. The van der Waals surface area contributed by atoms with Crippen LogP contribution in [0, 0.1) is 0 Å². The van der Waals surface area contributed by atoms with Crippen molar-refractivity contribution in [2.24, 2.45) is 0 Å². The Kier molecular flexibility index (Phi) is 2.33. The summed E-state index contributed by atoms with van der Waals surface area (Å²) in [6.07, 6.45) is 2.59. The Bertz CT molecular complexity index is 543. The molecule has 1 aromatic heterocycles. The van der Waals surface area contributed by atoms with E-state index in [1.165, 1.54) is 13.8 Å². The Morgan fingerprint density at radius 2 is 2.17 bits per heavy atom. The van der Waals surface area contributed by atoms with Crippen molar-refractivity contribution >= 4 is 23.2 Å². The van der Waals surface area contributed by atoms with Gasteiger partial charge in [-0.05, 0) is 6.42 Å². The summed E-state index contributed by atoms with van der Waals surface area (Å²) in [6.45, 7) is 4.70. The topological polar surface area (TPSA) is 66.4 Å². The van der Waals surface area contributed by atoms with E-state index in [-0.39, 0.29) is 23.6 Å². The zero-order chi connectivity index (χ0) is 12.9. The largest absolute Gasteiger partial charge is 0.365 e. The van der Waals surface area contributed by atoms with E-state index in [9.17, 15) is 9.59 Å². The second-order valence-corrected chi connectivity index (χ2v) is 4.74. The molecule has 6 heteroatoms. The van der Waals surface area contributed by atoms with Gasteiger partial charge in [-0.15, -0.1) is 0 Å². The lowest BCUT2D eigenvalue weighted by atomic mass is 10.2. The molecule has 0 unspecified atom stereocenters. The van der Waals surface area contributed by atoms with Crippen LogP contribution in [-0.4, -0.2) is 40.8 Å². The molecule has 2 bridgehead atoms. The van der Waals surface area contributed by atoms with E-state index in [1.807, 2.05) is 0 Å². The van der Waals surface area contributed by atoms with Crippen LogP contribution in [0.4, 0.5) is 11.5 Å². The average molecular weight is 246 g/mol. The van der Waals surface area contributed by atoms with Gasteiger partial charge in [0.2, 0.25) is 5.91 Å². The molecule has 0 N–H and O–H groups in total. The zero-order valence-corrected chi connectivity index (χ0v) is 10.4. The van der Waals surface area contributed by atoms with Crippen molar-refractivity contribution in [3.05, 3.63) is 12.0 Å². The molecule has 1 fully saturated rings. The van der Waals surface area contributed by atoms with E-state index in [0.717, 1.165) is 25.2 Å². The van der Waals surface area contributed by atoms with E-state index in [0.29, 0.717) is 5.82 Å². The van der Waals surface area contributed by atoms with Crippen LogP contribution in [0.15, 0.2) is 6.20 Å². The minimum atomic E-state index is -0.186. The highest BCUT2D eigenvalue weighted by Gasteiger charge is 2.39. The van der Waals surface area contributed by atoms with Crippen molar-refractivity contribution in [2.75, 3.05) is 22.9 Å². The molecule has 1 atom stereocenters. The lowest BCUT2D eigenvalue weighted by molar-refractivity contribution is -0.117. The Morgan fingerprint density at radius 3 is 2.83 bits per heavy atom. The van der Waals surface area contributed by atoms with Gasteiger partial charge in [-0.1, -0.05) is 0 Å². The molecule has 0 saturated carbocycles. The molecule has 94 valence electrons. The van der Waals surface area contributed by atoms with Gasteiger partial charge >= 0.3 is 0 Å². The molecular formula is C12H14N4O2. The highest BCUT2D eigenvalue weighted by atomic mass is 16.2. The number of aromatic nitrogens is 2. The van der Waals surface area contributed by atoms with E-state index in [1.54, 1.807) is 11.1 Å². The van der Waals surface area contributed by atoms with E-state index < -0.39 is 0 Å². The third-order valence-corrected chi connectivity index (χ3v) is 3.50. The minimum absolute atomic E-state index is 0.0315. The van der Waals surface area contributed by atoms with Gasteiger partial charge in [0.05, 0.1) is 17.9 Å². The molecule has 0 aromatic carbocycles. The maximum absolute atomic E-state index is 11.8. The molecule has 0 radical (unpaired) electrons. The molecule has 0 aliphatic carbocycles. The Labute approximate surface area is 105 Å². The smallest absolute Gasteiger partial charge is 0.225 e. The number of nitrogens with zero attached hydrogens (tertiary/aromatic N) is 4. The van der Waals surface area contributed by atoms with Crippen LogP contribution in [0.3, 0.4) is 0 Å². The van der Waals surface area contributed by atoms with Crippen molar-refractivity contribution in [1.82, 2.24) is 9.97 Å². The molecule has 1 aromatic rings. The van der Waals surface area contributed by atoms with Crippen LogP contribution in [0.5, 0.6) is 0 Å². The van der Waals surface area contributed by atoms with Crippen molar-refractivity contribution in [3.63, 3.8) is 0 Å². The lowest BCUT2D eigenvalue weighted by Gasteiger charge is -2.34. The number of Topliss-reactive ketones (excluding diaryl/α,β-unsaturated/α-hetero) is 1. The number of fused-ring (bicyclic) bond motifs is 4. The van der Waals surface area contributed by atoms with Crippen molar-refractivity contribution < 1.29 is 9.59 Å². The van der Waals surface area contributed by atoms with Crippen molar-refractivity contribution in [1.29, 1.82) is 0 Å². The van der Waals surface area contributed by atoms with Gasteiger partial charge in [0.15, 0.2) is 17.4 Å². The van der Waals surface area contributed by atoms with E-state index >= 15 is 0 Å².